The first-order valence-corrected chi connectivity index (χ1v) is 7.71. The fourth-order valence-corrected chi connectivity index (χ4v) is 2.30. The molecule has 0 N–H and O–H groups in total. The van der Waals surface area contributed by atoms with E-state index >= 15 is 0 Å². The summed E-state index contributed by atoms with van der Waals surface area (Å²) < 4.78 is 116. The summed E-state index contributed by atoms with van der Waals surface area (Å²) >= 11 is 0. The van der Waals surface area contributed by atoms with Crippen LogP contribution in [-0.4, -0.2) is 55.2 Å². The highest BCUT2D eigenvalue weighted by Gasteiger charge is 2.75. The summed E-state index contributed by atoms with van der Waals surface area (Å²) in [7, 11) is -6.08. The van der Waals surface area contributed by atoms with Crippen LogP contribution in [0.3, 0.4) is 0 Å². The lowest BCUT2D eigenvalue weighted by molar-refractivity contribution is -0.361. The highest BCUT2D eigenvalue weighted by molar-refractivity contribution is 7.85. The smallest absolute Gasteiger partial charge is 0.438 e. The van der Waals surface area contributed by atoms with Crippen LogP contribution in [0, 0.1) is 0 Å². The van der Waals surface area contributed by atoms with Gasteiger partial charge in [-0.15, -0.1) is 0 Å². The summed E-state index contributed by atoms with van der Waals surface area (Å²) in [6, 6.07) is 0. The minimum absolute atomic E-state index is 0.520. The molecule has 0 amide bonds. The first-order valence-electron chi connectivity index (χ1n) is 6.14. The summed E-state index contributed by atoms with van der Waals surface area (Å²) in [5.74, 6) is -6.11. The van der Waals surface area contributed by atoms with Crippen molar-refractivity contribution in [2.45, 2.75) is 30.8 Å². The van der Waals surface area contributed by atoms with E-state index in [1.807, 2.05) is 0 Å². The standard InChI is InChI=1S/C11H12F6O7S/c1-2-7(18)23-5-3-4-8(19)24-9(10(12,13)14,11(15,16)17)6-25(20,21)22/h2H,1,3-6H2,(H,20,21,22)/p-1. The van der Waals surface area contributed by atoms with Gasteiger partial charge in [0.05, 0.1) is 22.5 Å². The van der Waals surface area contributed by atoms with Gasteiger partial charge in [-0.1, -0.05) is 6.58 Å². The van der Waals surface area contributed by atoms with Gasteiger partial charge in [0, 0.05) is 12.5 Å². The van der Waals surface area contributed by atoms with Crippen molar-refractivity contribution in [2.24, 2.45) is 0 Å². The molecular formula is C11H11F6O7S-. The van der Waals surface area contributed by atoms with Crippen LogP contribution in [0.1, 0.15) is 12.8 Å². The predicted octanol–water partition coefficient (Wildman–Crippen LogP) is 1.45. The molecule has 0 saturated carbocycles. The lowest BCUT2D eigenvalue weighted by Crippen LogP contribution is -2.63. The maximum Gasteiger partial charge on any atom is 0.438 e. The van der Waals surface area contributed by atoms with E-state index in [9.17, 15) is 48.9 Å². The van der Waals surface area contributed by atoms with E-state index < -0.39 is 65.2 Å². The van der Waals surface area contributed by atoms with Gasteiger partial charge in [0.25, 0.3) is 0 Å². The van der Waals surface area contributed by atoms with E-state index in [4.69, 9.17) is 0 Å². The number of halogens is 6. The number of carbonyl (C=O) groups excluding carboxylic acids is 2. The largest absolute Gasteiger partial charge is 0.748 e. The predicted molar refractivity (Wildman–Crippen MR) is 65.9 cm³/mol. The van der Waals surface area contributed by atoms with E-state index in [0.717, 1.165) is 6.08 Å². The Kier molecular flexibility index (Phi) is 7.44. The van der Waals surface area contributed by atoms with Crippen molar-refractivity contribution in [3.63, 3.8) is 0 Å². The van der Waals surface area contributed by atoms with Crippen LogP contribution in [-0.2, 0) is 29.2 Å². The Bertz CT molecular complexity index is 593. The first kappa shape index (κ1) is 23.2. The number of hydrogen-bond acceptors (Lipinski definition) is 7. The summed E-state index contributed by atoms with van der Waals surface area (Å²) in [6.45, 7) is 2.46. The normalized spacial score (nSPS) is 13.2. The Balaban J connectivity index is 5.34. The maximum absolute atomic E-state index is 12.8. The number of rotatable bonds is 8. The average molecular weight is 401 g/mol. The van der Waals surface area contributed by atoms with Crippen LogP contribution in [0.25, 0.3) is 0 Å². The van der Waals surface area contributed by atoms with Crippen LogP contribution in [0.4, 0.5) is 26.3 Å². The average Bonchev–Trinajstić information content (AvgIpc) is 2.38. The molecule has 0 atom stereocenters. The van der Waals surface area contributed by atoms with E-state index in [1.165, 1.54) is 0 Å². The SMILES string of the molecule is C=CC(=O)OCCCC(=O)OC(CS(=O)(=O)[O-])(C(F)(F)F)C(F)(F)F. The highest BCUT2D eigenvalue weighted by atomic mass is 32.2. The molecule has 0 aliphatic heterocycles. The third-order valence-corrected chi connectivity index (χ3v) is 3.28. The van der Waals surface area contributed by atoms with Gasteiger partial charge < -0.3 is 14.0 Å². The molecule has 0 aliphatic rings. The molecule has 0 aromatic heterocycles. The Morgan fingerprint density at radius 3 is 1.92 bits per heavy atom. The second-order valence-corrected chi connectivity index (χ2v) is 5.88. The minimum Gasteiger partial charge on any atom is -0.748 e. The summed E-state index contributed by atoms with van der Waals surface area (Å²) in [5.41, 5.74) is -5.50. The Labute approximate surface area is 137 Å². The number of hydrogen-bond donors (Lipinski definition) is 0. The number of alkyl halides is 6. The fourth-order valence-electron chi connectivity index (χ4n) is 1.41. The summed E-state index contributed by atoms with van der Waals surface area (Å²) in [6.07, 6.45) is -13.7. The third kappa shape index (κ3) is 6.89. The van der Waals surface area contributed by atoms with E-state index in [2.05, 4.69) is 16.1 Å². The van der Waals surface area contributed by atoms with Crippen LogP contribution >= 0.6 is 0 Å². The summed E-state index contributed by atoms with van der Waals surface area (Å²) in [4.78, 5) is 21.9. The maximum atomic E-state index is 12.8. The van der Waals surface area contributed by atoms with Crippen molar-refractivity contribution in [3.05, 3.63) is 12.7 Å². The molecule has 146 valence electrons. The molecule has 0 aliphatic carbocycles. The van der Waals surface area contributed by atoms with Gasteiger partial charge in [0.1, 0.15) is 0 Å². The van der Waals surface area contributed by atoms with Gasteiger partial charge in [0.15, 0.2) is 0 Å². The Morgan fingerprint density at radius 1 is 1.08 bits per heavy atom. The monoisotopic (exact) mass is 401 g/mol. The van der Waals surface area contributed by atoms with Gasteiger partial charge in [0.2, 0.25) is 0 Å². The van der Waals surface area contributed by atoms with Gasteiger partial charge in [-0.2, -0.15) is 26.3 Å². The molecule has 7 nitrogen and oxygen atoms in total. The molecule has 0 saturated heterocycles. The number of ether oxygens (including phenoxy) is 2. The number of carbonyl (C=O) groups is 2. The minimum atomic E-state index is -6.42. The van der Waals surface area contributed by atoms with Crippen LogP contribution in [0.5, 0.6) is 0 Å². The van der Waals surface area contributed by atoms with Crippen molar-refractivity contribution in [3.8, 4) is 0 Å². The zero-order valence-corrected chi connectivity index (χ0v) is 13.0. The second-order valence-electron chi connectivity index (χ2n) is 4.47. The van der Waals surface area contributed by atoms with Gasteiger partial charge in [-0.05, 0) is 6.42 Å². The molecule has 0 heterocycles. The molecule has 0 fully saturated rings. The van der Waals surface area contributed by atoms with Crippen molar-refractivity contribution in [2.75, 3.05) is 12.4 Å². The quantitative estimate of drug-likeness (QED) is 0.199. The Morgan fingerprint density at radius 2 is 1.56 bits per heavy atom. The molecule has 0 rings (SSSR count). The molecular weight excluding hydrogens is 390 g/mol. The topological polar surface area (TPSA) is 110 Å². The van der Waals surface area contributed by atoms with Crippen molar-refractivity contribution < 1.29 is 58.4 Å². The first-order chi connectivity index (χ1) is 11.1. The van der Waals surface area contributed by atoms with Gasteiger partial charge in [-0.3, -0.25) is 4.79 Å². The van der Waals surface area contributed by atoms with E-state index in [-0.39, 0.29) is 0 Å². The van der Waals surface area contributed by atoms with Crippen LogP contribution in [0.15, 0.2) is 12.7 Å². The molecule has 0 unspecified atom stereocenters. The molecule has 25 heavy (non-hydrogen) atoms. The van der Waals surface area contributed by atoms with Crippen LogP contribution < -0.4 is 0 Å². The summed E-state index contributed by atoms with van der Waals surface area (Å²) in [5, 5.41) is 0. The molecule has 0 radical (unpaired) electrons. The van der Waals surface area contributed by atoms with E-state index in [1.54, 1.807) is 0 Å². The molecule has 0 spiro atoms. The second kappa shape index (κ2) is 8.03. The van der Waals surface area contributed by atoms with Crippen molar-refractivity contribution >= 4 is 22.1 Å². The zero-order valence-electron chi connectivity index (χ0n) is 12.1. The van der Waals surface area contributed by atoms with E-state index in [0.29, 0.717) is 0 Å². The zero-order chi connectivity index (χ0) is 20.1. The van der Waals surface area contributed by atoms with Gasteiger partial charge in [-0.25, -0.2) is 13.2 Å². The molecule has 0 aromatic carbocycles. The van der Waals surface area contributed by atoms with Crippen molar-refractivity contribution in [1.82, 2.24) is 0 Å². The highest BCUT2D eigenvalue weighted by Crippen LogP contribution is 2.47. The molecule has 0 aromatic rings. The molecule has 0 bridgehead atoms. The number of esters is 2. The lowest BCUT2D eigenvalue weighted by Gasteiger charge is -2.36. The third-order valence-electron chi connectivity index (χ3n) is 2.52. The fraction of sp³-hybridized carbons (Fsp3) is 0.636. The van der Waals surface area contributed by atoms with Crippen molar-refractivity contribution in [1.29, 1.82) is 0 Å². The van der Waals surface area contributed by atoms with Gasteiger partial charge >= 0.3 is 29.9 Å². The van der Waals surface area contributed by atoms with Crippen LogP contribution in [0.2, 0.25) is 0 Å². The lowest BCUT2D eigenvalue weighted by atomic mass is 10.1. The molecule has 14 heteroatoms. The Hall–Kier alpha value is -1.83.